The van der Waals surface area contributed by atoms with Gasteiger partial charge < -0.3 is 44.5 Å². The highest BCUT2D eigenvalue weighted by Crippen LogP contribution is 2.44. The molecule has 3 rings (SSSR count). The highest BCUT2D eigenvalue weighted by molar-refractivity contribution is 5.89. The Labute approximate surface area is 155 Å². The van der Waals surface area contributed by atoms with Gasteiger partial charge in [-0.25, -0.2) is 4.79 Å². The molecule has 2 heterocycles. The van der Waals surface area contributed by atoms with E-state index in [9.17, 15) is 30.3 Å². The molecule has 0 bridgehead atoms. The van der Waals surface area contributed by atoms with Crippen molar-refractivity contribution in [3.63, 3.8) is 0 Å². The number of carbonyl (C=O) groups excluding carboxylic acids is 1. The zero-order valence-corrected chi connectivity index (χ0v) is 14.7. The van der Waals surface area contributed by atoms with Gasteiger partial charge in [-0.2, -0.15) is 0 Å². The van der Waals surface area contributed by atoms with E-state index in [4.69, 9.17) is 18.9 Å². The molecular formula is C17H24O10. The van der Waals surface area contributed by atoms with Crippen molar-refractivity contribution in [2.75, 3.05) is 20.3 Å². The summed E-state index contributed by atoms with van der Waals surface area (Å²) in [4.78, 5) is 12.0. The van der Waals surface area contributed by atoms with Crippen LogP contribution in [0, 0.1) is 11.8 Å². The first-order chi connectivity index (χ1) is 12.9. The van der Waals surface area contributed by atoms with E-state index in [1.54, 1.807) is 6.08 Å². The van der Waals surface area contributed by atoms with Crippen LogP contribution in [0.5, 0.6) is 0 Å². The van der Waals surface area contributed by atoms with Crippen LogP contribution >= 0.6 is 0 Å². The highest BCUT2D eigenvalue weighted by Gasteiger charge is 2.49. The standard InChI is InChI=1S/C17H24O10/c1-24-15(23)9-6-25-16(11-7(4-18)2-3-8(9)11)27-17-14(22)13(21)12(20)10(5-19)26-17/h2,6,8,10-14,16-22H,3-5H2,1H3/t8-,10+,11-,12+,13-,14+,16-,17-/m0/s1. The van der Waals surface area contributed by atoms with Gasteiger partial charge in [0.05, 0.1) is 38.1 Å². The molecule has 1 fully saturated rings. The molecule has 1 aliphatic carbocycles. The fourth-order valence-corrected chi connectivity index (χ4v) is 3.73. The molecule has 152 valence electrons. The number of methoxy groups -OCH3 is 1. The molecule has 8 atom stereocenters. The Hall–Kier alpha value is -1.53. The van der Waals surface area contributed by atoms with Crippen molar-refractivity contribution in [3.05, 3.63) is 23.5 Å². The number of aliphatic hydroxyl groups is 5. The minimum atomic E-state index is -1.59. The topological polar surface area (TPSA) is 155 Å². The first-order valence-electron chi connectivity index (χ1n) is 8.62. The fourth-order valence-electron chi connectivity index (χ4n) is 3.73. The van der Waals surface area contributed by atoms with E-state index in [0.717, 1.165) is 0 Å². The quantitative estimate of drug-likeness (QED) is 0.258. The number of rotatable bonds is 5. The summed E-state index contributed by atoms with van der Waals surface area (Å²) in [7, 11) is 1.25. The lowest BCUT2D eigenvalue weighted by Gasteiger charge is -2.42. The van der Waals surface area contributed by atoms with Crippen molar-refractivity contribution in [3.8, 4) is 0 Å². The Bertz CT molecular complexity index is 615. The smallest absolute Gasteiger partial charge is 0.337 e. The number of hydrogen-bond acceptors (Lipinski definition) is 10. The van der Waals surface area contributed by atoms with Crippen LogP contribution in [0.15, 0.2) is 23.5 Å². The maximum absolute atomic E-state index is 12.0. The SMILES string of the molecule is COC(=O)C1=CO[C@@H](O[C@@H]2O[C@H](CO)[C@@H](O)[C@H](O)[C@H]2O)[C@H]2C(CO)=CC[C@@H]12. The number of aliphatic hydroxyl groups excluding tert-OH is 5. The summed E-state index contributed by atoms with van der Waals surface area (Å²) in [6.45, 7) is -0.857. The summed E-state index contributed by atoms with van der Waals surface area (Å²) in [5.74, 6) is -1.42. The summed E-state index contributed by atoms with van der Waals surface area (Å²) in [5.41, 5.74) is 0.903. The third kappa shape index (κ3) is 3.61. The number of ether oxygens (including phenoxy) is 4. The van der Waals surface area contributed by atoms with Crippen molar-refractivity contribution >= 4 is 5.97 Å². The molecule has 0 saturated carbocycles. The normalized spacial score (nSPS) is 41.3. The van der Waals surface area contributed by atoms with Gasteiger partial charge in [0.1, 0.15) is 24.4 Å². The third-order valence-corrected chi connectivity index (χ3v) is 5.24. The maximum Gasteiger partial charge on any atom is 0.337 e. The van der Waals surface area contributed by atoms with Gasteiger partial charge in [-0.15, -0.1) is 0 Å². The van der Waals surface area contributed by atoms with E-state index in [1.165, 1.54) is 13.4 Å². The lowest BCUT2D eigenvalue weighted by Crippen LogP contribution is -2.60. The number of allylic oxidation sites excluding steroid dienone is 1. The second kappa shape index (κ2) is 8.23. The molecule has 0 aromatic rings. The van der Waals surface area contributed by atoms with Crippen LogP contribution in [0.4, 0.5) is 0 Å². The van der Waals surface area contributed by atoms with Crippen molar-refractivity contribution in [2.45, 2.75) is 43.4 Å². The van der Waals surface area contributed by atoms with E-state index in [-0.39, 0.29) is 12.5 Å². The van der Waals surface area contributed by atoms with Crippen LogP contribution in [0.2, 0.25) is 0 Å². The minimum Gasteiger partial charge on any atom is -0.471 e. The lowest BCUT2D eigenvalue weighted by atomic mass is 9.83. The van der Waals surface area contributed by atoms with Gasteiger partial charge in [-0.1, -0.05) is 6.08 Å². The third-order valence-electron chi connectivity index (χ3n) is 5.24. The first-order valence-corrected chi connectivity index (χ1v) is 8.62. The van der Waals surface area contributed by atoms with Gasteiger partial charge in [-0.05, 0) is 12.0 Å². The molecule has 10 nitrogen and oxygen atoms in total. The van der Waals surface area contributed by atoms with E-state index < -0.39 is 55.5 Å². The number of esters is 1. The molecule has 0 spiro atoms. The van der Waals surface area contributed by atoms with Crippen LogP contribution in [0.3, 0.4) is 0 Å². The molecule has 1 saturated heterocycles. The second-order valence-corrected chi connectivity index (χ2v) is 6.71. The highest BCUT2D eigenvalue weighted by atomic mass is 16.8. The average Bonchev–Trinajstić information content (AvgIpc) is 3.12. The van der Waals surface area contributed by atoms with E-state index >= 15 is 0 Å². The predicted molar refractivity (Wildman–Crippen MR) is 86.6 cm³/mol. The Kier molecular flexibility index (Phi) is 6.16. The van der Waals surface area contributed by atoms with E-state index in [2.05, 4.69) is 0 Å². The zero-order chi connectivity index (χ0) is 19.7. The van der Waals surface area contributed by atoms with E-state index in [1.807, 2.05) is 0 Å². The first kappa shape index (κ1) is 20.2. The fraction of sp³-hybridized carbons (Fsp3) is 0.706. The van der Waals surface area contributed by atoms with Crippen molar-refractivity contribution in [1.29, 1.82) is 0 Å². The average molecular weight is 388 g/mol. The summed E-state index contributed by atoms with van der Waals surface area (Å²) >= 11 is 0. The molecule has 3 aliphatic rings. The van der Waals surface area contributed by atoms with Crippen LogP contribution in [-0.2, 0) is 23.7 Å². The van der Waals surface area contributed by atoms with Crippen molar-refractivity contribution < 1.29 is 49.3 Å². The lowest BCUT2D eigenvalue weighted by molar-refractivity contribution is -0.339. The molecule has 0 unspecified atom stereocenters. The van der Waals surface area contributed by atoms with Crippen LogP contribution < -0.4 is 0 Å². The van der Waals surface area contributed by atoms with Gasteiger partial charge in [0.15, 0.2) is 6.29 Å². The van der Waals surface area contributed by atoms with Crippen LogP contribution in [0.25, 0.3) is 0 Å². The van der Waals surface area contributed by atoms with Gasteiger partial charge >= 0.3 is 5.97 Å². The van der Waals surface area contributed by atoms with E-state index in [0.29, 0.717) is 17.6 Å². The Balaban J connectivity index is 1.80. The Morgan fingerprint density at radius 1 is 1.19 bits per heavy atom. The molecule has 5 N–H and O–H groups in total. The predicted octanol–water partition coefficient (Wildman–Crippen LogP) is -2.23. The monoisotopic (exact) mass is 388 g/mol. The number of carbonyl (C=O) groups is 1. The largest absolute Gasteiger partial charge is 0.471 e. The van der Waals surface area contributed by atoms with Crippen LogP contribution in [-0.4, -0.2) is 88.8 Å². The summed E-state index contributed by atoms with van der Waals surface area (Å²) < 4.78 is 21.3. The second-order valence-electron chi connectivity index (χ2n) is 6.71. The van der Waals surface area contributed by atoms with Crippen molar-refractivity contribution in [2.24, 2.45) is 11.8 Å². The number of hydrogen-bond donors (Lipinski definition) is 5. The minimum absolute atomic E-state index is 0.270. The maximum atomic E-state index is 12.0. The Morgan fingerprint density at radius 3 is 2.56 bits per heavy atom. The molecule has 0 aromatic carbocycles. The van der Waals surface area contributed by atoms with Gasteiger partial charge in [0.25, 0.3) is 0 Å². The summed E-state index contributed by atoms with van der Waals surface area (Å²) in [6.07, 6.45) is -4.73. The molecular weight excluding hydrogens is 364 g/mol. The van der Waals surface area contributed by atoms with Gasteiger partial charge in [0, 0.05) is 5.92 Å². The molecule has 0 aromatic heterocycles. The molecule has 10 heteroatoms. The molecule has 0 amide bonds. The van der Waals surface area contributed by atoms with Gasteiger partial charge in [0.2, 0.25) is 6.29 Å². The van der Waals surface area contributed by atoms with Gasteiger partial charge in [-0.3, -0.25) is 0 Å². The molecule has 0 radical (unpaired) electrons. The zero-order valence-electron chi connectivity index (χ0n) is 14.7. The molecule has 27 heavy (non-hydrogen) atoms. The van der Waals surface area contributed by atoms with Crippen LogP contribution in [0.1, 0.15) is 6.42 Å². The van der Waals surface area contributed by atoms with Crippen molar-refractivity contribution in [1.82, 2.24) is 0 Å². The number of fused-ring (bicyclic) bond motifs is 1. The Morgan fingerprint density at radius 2 is 1.93 bits per heavy atom. The summed E-state index contributed by atoms with van der Waals surface area (Å²) in [6, 6.07) is 0. The summed E-state index contributed by atoms with van der Waals surface area (Å²) in [5, 5.41) is 48.8. The molecule has 2 aliphatic heterocycles.